The Morgan fingerprint density at radius 3 is 2.57 bits per heavy atom. The molecule has 0 bridgehead atoms. The van der Waals surface area contributed by atoms with Gasteiger partial charge in [0.15, 0.2) is 0 Å². The minimum absolute atomic E-state index is 0.896. The van der Waals surface area contributed by atoms with Gasteiger partial charge in [0.25, 0.3) is 0 Å². The van der Waals surface area contributed by atoms with Crippen LogP contribution in [0.4, 0.5) is 0 Å². The van der Waals surface area contributed by atoms with E-state index in [1.54, 1.807) is 0 Å². The van der Waals surface area contributed by atoms with Gasteiger partial charge in [-0.15, -0.1) is 0 Å². The Bertz CT molecular complexity index is 173. The Labute approximate surface area is 88.1 Å². The van der Waals surface area contributed by atoms with Crippen LogP contribution >= 0.6 is 0 Å². The van der Waals surface area contributed by atoms with E-state index in [2.05, 4.69) is 24.2 Å². The molecule has 2 atom stereocenters. The summed E-state index contributed by atoms with van der Waals surface area (Å²) >= 11 is 0. The molecule has 0 aromatic heterocycles. The van der Waals surface area contributed by atoms with Crippen molar-refractivity contribution in [3.8, 4) is 0 Å². The molecular formula is C12H24N2. The third kappa shape index (κ3) is 2.12. The Morgan fingerprint density at radius 1 is 1.21 bits per heavy atom. The molecule has 1 N–H and O–H groups in total. The molecule has 2 nitrogen and oxygen atoms in total. The second kappa shape index (κ2) is 4.63. The van der Waals surface area contributed by atoms with Crippen LogP contribution in [0.3, 0.4) is 0 Å². The highest BCUT2D eigenvalue weighted by atomic mass is 15.2. The number of nitrogens with one attached hydrogen (secondary N) is 1. The van der Waals surface area contributed by atoms with Crippen molar-refractivity contribution in [1.82, 2.24) is 10.2 Å². The van der Waals surface area contributed by atoms with Gasteiger partial charge in [-0.2, -0.15) is 0 Å². The van der Waals surface area contributed by atoms with Crippen LogP contribution in [0.15, 0.2) is 0 Å². The molecule has 1 aliphatic heterocycles. The Hall–Kier alpha value is -0.0800. The molecule has 1 aliphatic carbocycles. The fourth-order valence-electron chi connectivity index (χ4n) is 3.19. The number of nitrogens with zero attached hydrogens (tertiary/aromatic N) is 1. The van der Waals surface area contributed by atoms with Crippen LogP contribution in [0.25, 0.3) is 0 Å². The van der Waals surface area contributed by atoms with Crippen molar-refractivity contribution < 1.29 is 0 Å². The Morgan fingerprint density at radius 2 is 1.93 bits per heavy atom. The summed E-state index contributed by atoms with van der Waals surface area (Å²) in [4.78, 5) is 2.71. The van der Waals surface area contributed by atoms with Gasteiger partial charge in [-0.3, -0.25) is 4.90 Å². The Balaban J connectivity index is 1.86. The average molecular weight is 196 g/mol. The van der Waals surface area contributed by atoms with E-state index in [9.17, 15) is 0 Å². The number of hydrogen-bond donors (Lipinski definition) is 1. The molecule has 0 amide bonds. The highest BCUT2D eigenvalue weighted by molar-refractivity contribution is 4.90. The minimum Gasteiger partial charge on any atom is -0.319 e. The lowest BCUT2D eigenvalue weighted by molar-refractivity contribution is 0.0142. The van der Waals surface area contributed by atoms with Crippen LogP contribution in [0.1, 0.15) is 32.6 Å². The highest BCUT2D eigenvalue weighted by Crippen LogP contribution is 2.32. The van der Waals surface area contributed by atoms with Crippen molar-refractivity contribution in [2.45, 2.75) is 38.6 Å². The first kappa shape index (κ1) is 10.4. The maximum Gasteiger partial charge on any atom is 0.0136 e. The van der Waals surface area contributed by atoms with Crippen molar-refractivity contribution in [2.75, 3.05) is 26.7 Å². The molecule has 1 saturated carbocycles. The van der Waals surface area contributed by atoms with E-state index in [-0.39, 0.29) is 0 Å². The van der Waals surface area contributed by atoms with Crippen molar-refractivity contribution in [3.05, 3.63) is 0 Å². The monoisotopic (exact) mass is 196 g/mol. The van der Waals surface area contributed by atoms with Gasteiger partial charge in [0, 0.05) is 19.1 Å². The van der Waals surface area contributed by atoms with Crippen LogP contribution in [0, 0.1) is 11.8 Å². The molecule has 1 heterocycles. The molecule has 2 rings (SSSR count). The van der Waals surface area contributed by atoms with Crippen LogP contribution < -0.4 is 5.32 Å². The lowest BCUT2D eigenvalue weighted by Crippen LogP contribution is -2.55. The van der Waals surface area contributed by atoms with Gasteiger partial charge < -0.3 is 5.32 Å². The predicted molar refractivity (Wildman–Crippen MR) is 60.4 cm³/mol. The van der Waals surface area contributed by atoms with Crippen molar-refractivity contribution >= 4 is 0 Å². The first-order chi connectivity index (χ1) is 6.81. The van der Waals surface area contributed by atoms with Gasteiger partial charge in [-0.05, 0) is 38.3 Å². The second-order valence-corrected chi connectivity index (χ2v) is 5.23. The third-order valence-corrected chi connectivity index (χ3v) is 3.90. The summed E-state index contributed by atoms with van der Waals surface area (Å²) in [5, 5.41) is 3.36. The molecule has 2 heteroatoms. The molecule has 0 radical (unpaired) electrons. The van der Waals surface area contributed by atoms with E-state index in [1.165, 1.54) is 45.3 Å². The minimum atomic E-state index is 0.896. The quantitative estimate of drug-likeness (QED) is 0.739. The fourth-order valence-corrected chi connectivity index (χ4v) is 3.19. The van der Waals surface area contributed by atoms with E-state index in [4.69, 9.17) is 0 Å². The van der Waals surface area contributed by atoms with Crippen LogP contribution in [-0.4, -0.2) is 37.6 Å². The first-order valence-corrected chi connectivity index (χ1v) is 6.20. The van der Waals surface area contributed by atoms with Gasteiger partial charge in [0.2, 0.25) is 0 Å². The predicted octanol–water partition coefficient (Wildman–Crippen LogP) is 1.72. The summed E-state index contributed by atoms with van der Waals surface area (Å²) < 4.78 is 0. The van der Waals surface area contributed by atoms with E-state index in [0.717, 1.165) is 17.9 Å². The molecule has 0 aromatic carbocycles. The van der Waals surface area contributed by atoms with Crippen LogP contribution in [0.5, 0.6) is 0 Å². The third-order valence-electron chi connectivity index (χ3n) is 3.90. The first-order valence-electron chi connectivity index (χ1n) is 6.20. The van der Waals surface area contributed by atoms with Gasteiger partial charge in [0.05, 0.1) is 0 Å². The van der Waals surface area contributed by atoms with Crippen molar-refractivity contribution in [3.63, 3.8) is 0 Å². The van der Waals surface area contributed by atoms with E-state index < -0.39 is 0 Å². The lowest BCUT2D eigenvalue weighted by atomic mass is 9.81. The maximum absolute atomic E-state index is 3.36. The van der Waals surface area contributed by atoms with E-state index >= 15 is 0 Å². The summed E-state index contributed by atoms with van der Waals surface area (Å²) in [6.45, 7) is 6.29. The Kier molecular flexibility index (Phi) is 3.45. The molecule has 14 heavy (non-hydrogen) atoms. The van der Waals surface area contributed by atoms with Crippen LogP contribution in [0.2, 0.25) is 0 Å². The summed E-state index contributed by atoms with van der Waals surface area (Å²) in [5.74, 6) is 1.87. The zero-order valence-corrected chi connectivity index (χ0v) is 9.63. The zero-order valence-electron chi connectivity index (χ0n) is 9.63. The summed E-state index contributed by atoms with van der Waals surface area (Å²) in [6.07, 6.45) is 5.79. The largest absolute Gasteiger partial charge is 0.319 e. The highest BCUT2D eigenvalue weighted by Gasteiger charge is 2.35. The zero-order chi connectivity index (χ0) is 9.97. The molecule has 2 aliphatic rings. The molecule has 1 saturated heterocycles. The van der Waals surface area contributed by atoms with E-state index in [1.807, 2.05) is 0 Å². The molecule has 2 unspecified atom stereocenters. The summed E-state index contributed by atoms with van der Waals surface area (Å²) in [5.41, 5.74) is 0. The molecular weight excluding hydrogens is 172 g/mol. The normalized spacial score (nSPS) is 35.6. The lowest BCUT2D eigenvalue weighted by Gasteiger charge is -2.48. The van der Waals surface area contributed by atoms with Crippen molar-refractivity contribution in [1.29, 1.82) is 0 Å². The molecule has 0 aromatic rings. The number of hydrogen-bond acceptors (Lipinski definition) is 2. The van der Waals surface area contributed by atoms with Gasteiger partial charge in [0.1, 0.15) is 0 Å². The maximum atomic E-state index is 3.36. The van der Waals surface area contributed by atoms with Crippen molar-refractivity contribution in [2.24, 2.45) is 11.8 Å². The molecule has 82 valence electrons. The van der Waals surface area contributed by atoms with E-state index in [0.29, 0.717) is 0 Å². The SMILES string of the molecule is CNCC1CCCCC1N1CC(C)C1. The van der Waals surface area contributed by atoms with Gasteiger partial charge >= 0.3 is 0 Å². The van der Waals surface area contributed by atoms with Gasteiger partial charge in [-0.1, -0.05) is 19.8 Å². The smallest absolute Gasteiger partial charge is 0.0136 e. The number of likely N-dealkylation sites (tertiary alicyclic amines) is 1. The second-order valence-electron chi connectivity index (χ2n) is 5.23. The molecule has 2 fully saturated rings. The molecule has 0 spiro atoms. The fraction of sp³-hybridized carbons (Fsp3) is 1.00. The summed E-state index contributed by atoms with van der Waals surface area (Å²) in [7, 11) is 2.09. The van der Waals surface area contributed by atoms with Crippen LogP contribution in [-0.2, 0) is 0 Å². The topological polar surface area (TPSA) is 15.3 Å². The number of rotatable bonds is 3. The standard InChI is InChI=1S/C12H24N2/c1-10-8-14(9-10)12-6-4-3-5-11(12)7-13-2/h10-13H,3-9H2,1-2H3. The summed E-state index contributed by atoms with van der Waals surface area (Å²) in [6, 6.07) is 0.896. The average Bonchev–Trinajstić information content (AvgIpc) is 2.15. The van der Waals surface area contributed by atoms with Gasteiger partial charge in [-0.25, -0.2) is 0 Å².